The summed E-state index contributed by atoms with van der Waals surface area (Å²) in [7, 11) is 3.23. The quantitative estimate of drug-likeness (QED) is 0.514. The smallest absolute Gasteiger partial charge is 0.212 e. The first-order chi connectivity index (χ1) is 10.8. The maximum atomic E-state index is 5.18. The van der Waals surface area contributed by atoms with Gasteiger partial charge in [0.2, 0.25) is 5.16 Å². The van der Waals surface area contributed by atoms with Crippen LogP contribution in [0.1, 0.15) is 0 Å². The van der Waals surface area contributed by atoms with Gasteiger partial charge in [-0.3, -0.25) is 0 Å². The van der Waals surface area contributed by atoms with Crippen molar-refractivity contribution >= 4 is 17.4 Å². The fourth-order valence-corrected chi connectivity index (χ4v) is 2.91. The summed E-state index contributed by atoms with van der Waals surface area (Å²) >= 11 is 1.49. The van der Waals surface area contributed by atoms with E-state index >= 15 is 0 Å². The van der Waals surface area contributed by atoms with Crippen molar-refractivity contribution in [3.05, 3.63) is 42.5 Å². The van der Waals surface area contributed by atoms with Gasteiger partial charge < -0.3 is 9.47 Å². The summed E-state index contributed by atoms with van der Waals surface area (Å²) in [5.74, 6) is 0.616. The number of thioether (sulfide) groups is 1. The SMILES string of the molecule is COC(CSc1nnc2ccc(-c3ccccc3)nn12)OC. The van der Waals surface area contributed by atoms with Crippen LogP contribution in [0, 0.1) is 0 Å². The molecule has 0 amide bonds. The Morgan fingerprint density at radius 3 is 2.55 bits per heavy atom. The van der Waals surface area contributed by atoms with Crippen LogP contribution in [0.15, 0.2) is 47.6 Å². The number of rotatable bonds is 6. The van der Waals surface area contributed by atoms with Crippen LogP contribution in [0.5, 0.6) is 0 Å². The lowest BCUT2D eigenvalue weighted by molar-refractivity contribution is -0.0842. The monoisotopic (exact) mass is 316 g/mol. The summed E-state index contributed by atoms with van der Waals surface area (Å²) in [6.45, 7) is 0. The lowest BCUT2D eigenvalue weighted by Gasteiger charge is -2.11. The van der Waals surface area contributed by atoms with E-state index in [9.17, 15) is 0 Å². The predicted molar refractivity (Wildman–Crippen MR) is 84.7 cm³/mol. The Kier molecular flexibility index (Phi) is 4.67. The van der Waals surface area contributed by atoms with E-state index in [0.29, 0.717) is 16.6 Å². The predicted octanol–water partition coefficient (Wildman–Crippen LogP) is 2.50. The molecule has 114 valence electrons. The molecule has 0 aliphatic rings. The van der Waals surface area contributed by atoms with Gasteiger partial charge >= 0.3 is 0 Å². The summed E-state index contributed by atoms with van der Waals surface area (Å²) in [6, 6.07) is 13.9. The third-order valence-electron chi connectivity index (χ3n) is 3.18. The Morgan fingerprint density at radius 2 is 1.82 bits per heavy atom. The Balaban J connectivity index is 1.89. The highest BCUT2D eigenvalue weighted by Crippen LogP contribution is 2.21. The van der Waals surface area contributed by atoms with Crippen LogP contribution in [-0.4, -0.2) is 46.1 Å². The number of fused-ring (bicyclic) bond motifs is 1. The van der Waals surface area contributed by atoms with Crippen molar-refractivity contribution < 1.29 is 9.47 Å². The van der Waals surface area contributed by atoms with Crippen LogP contribution in [0.4, 0.5) is 0 Å². The van der Waals surface area contributed by atoms with Crippen molar-refractivity contribution in [2.75, 3.05) is 20.0 Å². The van der Waals surface area contributed by atoms with Crippen LogP contribution >= 0.6 is 11.8 Å². The molecule has 2 aromatic heterocycles. The molecule has 0 saturated carbocycles. The molecule has 0 spiro atoms. The molecule has 7 heteroatoms. The van der Waals surface area contributed by atoms with E-state index in [-0.39, 0.29) is 6.29 Å². The Labute approximate surface area is 132 Å². The maximum Gasteiger partial charge on any atom is 0.212 e. The molecule has 0 saturated heterocycles. The van der Waals surface area contributed by atoms with Crippen molar-refractivity contribution in [2.45, 2.75) is 11.4 Å². The molecule has 3 aromatic rings. The van der Waals surface area contributed by atoms with E-state index in [2.05, 4.69) is 15.3 Å². The van der Waals surface area contributed by atoms with Gasteiger partial charge in [0.05, 0.1) is 11.4 Å². The second kappa shape index (κ2) is 6.87. The minimum atomic E-state index is -0.283. The minimum absolute atomic E-state index is 0.283. The topological polar surface area (TPSA) is 61.5 Å². The van der Waals surface area contributed by atoms with Crippen molar-refractivity contribution in [3.8, 4) is 11.3 Å². The van der Waals surface area contributed by atoms with E-state index in [1.165, 1.54) is 11.8 Å². The highest BCUT2D eigenvalue weighted by molar-refractivity contribution is 7.99. The van der Waals surface area contributed by atoms with E-state index in [1.807, 2.05) is 42.5 Å². The van der Waals surface area contributed by atoms with Gasteiger partial charge in [-0.05, 0) is 12.1 Å². The molecule has 3 rings (SSSR count). The van der Waals surface area contributed by atoms with Gasteiger partial charge in [0.25, 0.3) is 0 Å². The number of nitrogens with zero attached hydrogens (tertiary/aromatic N) is 4. The van der Waals surface area contributed by atoms with E-state index in [0.717, 1.165) is 11.3 Å². The summed E-state index contributed by atoms with van der Waals surface area (Å²) in [5, 5.41) is 13.6. The van der Waals surface area contributed by atoms with Gasteiger partial charge in [0.1, 0.15) is 0 Å². The van der Waals surface area contributed by atoms with Gasteiger partial charge in [0.15, 0.2) is 11.9 Å². The highest BCUT2D eigenvalue weighted by atomic mass is 32.2. The first kappa shape index (κ1) is 15.0. The number of methoxy groups -OCH3 is 2. The lowest BCUT2D eigenvalue weighted by atomic mass is 10.1. The molecule has 0 aliphatic carbocycles. The number of hydrogen-bond donors (Lipinski definition) is 0. The normalized spacial score (nSPS) is 11.4. The van der Waals surface area contributed by atoms with Gasteiger partial charge in [-0.15, -0.1) is 10.2 Å². The third kappa shape index (κ3) is 3.11. The van der Waals surface area contributed by atoms with Crippen LogP contribution in [0.3, 0.4) is 0 Å². The molecule has 2 heterocycles. The van der Waals surface area contributed by atoms with Crippen molar-refractivity contribution in [1.29, 1.82) is 0 Å². The zero-order valence-corrected chi connectivity index (χ0v) is 13.2. The second-order valence-corrected chi connectivity index (χ2v) is 5.54. The zero-order chi connectivity index (χ0) is 15.4. The number of aromatic nitrogens is 4. The fraction of sp³-hybridized carbons (Fsp3) is 0.267. The summed E-state index contributed by atoms with van der Waals surface area (Å²) in [4.78, 5) is 0. The fourth-order valence-electron chi connectivity index (χ4n) is 2.00. The molecule has 0 radical (unpaired) electrons. The minimum Gasteiger partial charge on any atom is -0.355 e. The molecule has 1 aromatic carbocycles. The van der Waals surface area contributed by atoms with E-state index in [4.69, 9.17) is 9.47 Å². The zero-order valence-electron chi connectivity index (χ0n) is 12.3. The van der Waals surface area contributed by atoms with Crippen LogP contribution < -0.4 is 0 Å². The molecule has 0 aliphatic heterocycles. The van der Waals surface area contributed by atoms with E-state index < -0.39 is 0 Å². The largest absolute Gasteiger partial charge is 0.355 e. The third-order valence-corrected chi connectivity index (χ3v) is 4.13. The first-order valence-corrected chi connectivity index (χ1v) is 7.76. The molecular weight excluding hydrogens is 300 g/mol. The van der Waals surface area contributed by atoms with Crippen LogP contribution in [-0.2, 0) is 9.47 Å². The number of ether oxygens (including phenoxy) is 2. The number of benzene rings is 1. The summed E-state index contributed by atoms with van der Waals surface area (Å²) < 4.78 is 12.1. The standard InChI is InChI=1S/C15H16N4O2S/c1-20-14(21-2)10-22-15-17-16-13-9-8-12(18-19(13)15)11-6-4-3-5-7-11/h3-9,14H,10H2,1-2H3. The van der Waals surface area contributed by atoms with Crippen molar-refractivity contribution in [1.82, 2.24) is 19.8 Å². The summed E-state index contributed by atoms with van der Waals surface area (Å²) in [5.41, 5.74) is 2.65. The van der Waals surface area contributed by atoms with Gasteiger partial charge in [-0.25, -0.2) is 0 Å². The maximum absolute atomic E-state index is 5.18. The van der Waals surface area contributed by atoms with Crippen LogP contribution in [0.25, 0.3) is 16.9 Å². The second-order valence-electron chi connectivity index (χ2n) is 4.55. The first-order valence-electron chi connectivity index (χ1n) is 6.78. The van der Waals surface area contributed by atoms with Crippen LogP contribution in [0.2, 0.25) is 0 Å². The molecule has 0 bridgehead atoms. The molecule has 0 atom stereocenters. The lowest BCUT2D eigenvalue weighted by Crippen LogP contribution is -2.16. The van der Waals surface area contributed by atoms with Gasteiger partial charge in [-0.1, -0.05) is 42.1 Å². The molecule has 0 unspecified atom stereocenters. The number of hydrogen-bond acceptors (Lipinski definition) is 6. The Bertz CT molecular complexity index is 744. The molecule has 22 heavy (non-hydrogen) atoms. The molecule has 0 fully saturated rings. The highest BCUT2D eigenvalue weighted by Gasteiger charge is 2.12. The van der Waals surface area contributed by atoms with Gasteiger partial charge in [0, 0.05) is 19.8 Å². The van der Waals surface area contributed by atoms with Gasteiger partial charge in [-0.2, -0.15) is 9.61 Å². The Hall–Kier alpha value is -1.96. The van der Waals surface area contributed by atoms with E-state index in [1.54, 1.807) is 18.7 Å². The molecular formula is C15H16N4O2S. The average molecular weight is 316 g/mol. The molecule has 0 N–H and O–H groups in total. The van der Waals surface area contributed by atoms with Crippen molar-refractivity contribution in [2.24, 2.45) is 0 Å². The average Bonchev–Trinajstić information content (AvgIpc) is 2.99. The molecule has 6 nitrogen and oxygen atoms in total. The Morgan fingerprint density at radius 1 is 1.05 bits per heavy atom. The summed E-state index contributed by atoms with van der Waals surface area (Å²) in [6.07, 6.45) is -0.283. The van der Waals surface area contributed by atoms with Crippen molar-refractivity contribution in [3.63, 3.8) is 0 Å².